The molecule has 2 fully saturated rings. The standard InChI is InChI=1S/C34H43F5N4O4S/c1-3-42(20-23-5-11-26(12-6-23)34(37,38)39)28-19-29(22-47-33(35)36)43(21-28)27-13-7-25(8-14-27)32(44)41-31(17-18-40)24-9-15-30(16-10-24)48(45,46)4-2/h7-10,13-16,23,26,28-29,31,33H,3-6,11-12,17,19-22H2,1-2H3,(H,41,44)/t23?,26?,28-,29-,31-/m0/s1. The van der Waals surface area contributed by atoms with Crippen molar-refractivity contribution >= 4 is 21.4 Å². The molecule has 14 heteroatoms. The quantitative estimate of drug-likeness (QED) is 0.218. The fourth-order valence-corrected chi connectivity index (χ4v) is 7.70. The zero-order valence-corrected chi connectivity index (χ0v) is 28.0. The van der Waals surface area contributed by atoms with Crippen molar-refractivity contribution in [1.29, 1.82) is 5.26 Å². The highest BCUT2D eigenvalue weighted by Crippen LogP contribution is 2.40. The summed E-state index contributed by atoms with van der Waals surface area (Å²) < 4.78 is 94.7. The largest absolute Gasteiger partial charge is 0.391 e. The Hall–Kier alpha value is -3.28. The van der Waals surface area contributed by atoms with Crippen LogP contribution in [0.3, 0.4) is 0 Å². The summed E-state index contributed by atoms with van der Waals surface area (Å²) in [6.07, 6.45) is -2.42. The van der Waals surface area contributed by atoms with Crippen LogP contribution in [0.1, 0.15) is 74.3 Å². The number of hydrogen-bond donors (Lipinski definition) is 1. The van der Waals surface area contributed by atoms with E-state index >= 15 is 0 Å². The van der Waals surface area contributed by atoms with Crippen LogP contribution < -0.4 is 10.2 Å². The molecule has 3 atom stereocenters. The van der Waals surface area contributed by atoms with Gasteiger partial charge < -0.3 is 15.0 Å². The second-order valence-corrected chi connectivity index (χ2v) is 14.8. The van der Waals surface area contributed by atoms with E-state index in [-0.39, 0.29) is 54.5 Å². The van der Waals surface area contributed by atoms with Crippen LogP contribution in [-0.2, 0) is 14.6 Å². The van der Waals surface area contributed by atoms with Gasteiger partial charge in [-0.1, -0.05) is 26.0 Å². The lowest BCUT2D eigenvalue weighted by Crippen LogP contribution is -2.41. The normalized spacial score (nSPS) is 22.5. The van der Waals surface area contributed by atoms with Crippen LogP contribution in [0.15, 0.2) is 53.4 Å². The molecule has 264 valence electrons. The zero-order chi connectivity index (χ0) is 35.1. The fraction of sp³-hybridized carbons (Fsp3) is 0.588. The van der Waals surface area contributed by atoms with E-state index in [9.17, 15) is 40.4 Å². The van der Waals surface area contributed by atoms with Crippen molar-refractivity contribution < 1.29 is 39.9 Å². The molecule has 0 bridgehead atoms. The highest BCUT2D eigenvalue weighted by atomic mass is 32.2. The lowest BCUT2D eigenvalue weighted by molar-refractivity contribution is -0.184. The number of rotatable bonds is 14. The number of sulfone groups is 1. The molecule has 1 heterocycles. The molecule has 0 radical (unpaired) electrons. The number of nitrogens with zero attached hydrogens (tertiary/aromatic N) is 3. The number of amides is 1. The molecule has 4 rings (SSSR count). The molecule has 2 aliphatic rings. The van der Waals surface area contributed by atoms with Crippen LogP contribution >= 0.6 is 0 Å². The number of carbonyl (C=O) groups is 1. The lowest BCUT2D eigenvalue weighted by atomic mass is 9.81. The smallest absolute Gasteiger partial charge is 0.365 e. The summed E-state index contributed by atoms with van der Waals surface area (Å²) in [7, 11) is -3.40. The summed E-state index contributed by atoms with van der Waals surface area (Å²) in [4.78, 5) is 17.6. The van der Waals surface area contributed by atoms with E-state index in [1.54, 1.807) is 43.3 Å². The van der Waals surface area contributed by atoms with Gasteiger partial charge in [-0.3, -0.25) is 9.69 Å². The van der Waals surface area contributed by atoms with Gasteiger partial charge in [0.25, 0.3) is 5.91 Å². The molecule has 1 aliphatic carbocycles. The maximum atomic E-state index is 13.2. The van der Waals surface area contributed by atoms with Crippen LogP contribution in [0.25, 0.3) is 0 Å². The Bertz CT molecular complexity index is 1490. The zero-order valence-electron chi connectivity index (χ0n) is 27.1. The molecule has 1 aliphatic heterocycles. The number of nitriles is 1. The van der Waals surface area contributed by atoms with Crippen molar-refractivity contribution in [2.75, 3.05) is 36.9 Å². The summed E-state index contributed by atoms with van der Waals surface area (Å²) in [5.41, 5.74) is 1.60. The van der Waals surface area contributed by atoms with E-state index in [0.717, 1.165) is 0 Å². The monoisotopic (exact) mass is 698 g/mol. The summed E-state index contributed by atoms with van der Waals surface area (Å²) in [5.74, 6) is -1.60. The van der Waals surface area contributed by atoms with Crippen LogP contribution in [0, 0.1) is 23.2 Å². The van der Waals surface area contributed by atoms with Crippen molar-refractivity contribution in [2.45, 2.75) is 88.2 Å². The van der Waals surface area contributed by atoms with Crippen LogP contribution in [0.4, 0.5) is 27.6 Å². The summed E-state index contributed by atoms with van der Waals surface area (Å²) in [6, 6.07) is 13.7. The van der Waals surface area contributed by atoms with Gasteiger partial charge in [-0.05, 0) is 86.5 Å². The maximum absolute atomic E-state index is 13.2. The van der Waals surface area contributed by atoms with Gasteiger partial charge in [0.2, 0.25) is 0 Å². The first kappa shape index (κ1) is 37.5. The number of hydrogen-bond acceptors (Lipinski definition) is 7. The SMILES string of the molecule is CCN(CC1CCC(C(F)(F)F)CC1)[C@H]1C[C@@H](COC(F)F)N(c2ccc(C(=O)N[C@@H](CC#N)c3ccc(S(=O)(=O)CC)cc3)cc2)C1. The van der Waals surface area contributed by atoms with Gasteiger partial charge in [0, 0.05) is 30.4 Å². The second-order valence-electron chi connectivity index (χ2n) is 12.5. The Morgan fingerprint density at radius 2 is 1.71 bits per heavy atom. The minimum absolute atomic E-state index is 0.0185. The minimum Gasteiger partial charge on any atom is -0.365 e. The summed E-state index contributed by atoms with van der Waals surface area (Å²) >= 11 is 0. The van der Waals surface area contributed by atoms with E-state index in [4.69, 9.17) is 4.74 Å². The number of nitrogens with one attached hydrogen (secondary N) is 1. The topological polar surface area (TPSA) is 103 Å². The van der Waals surface area contributed by atoms with Gasteiger partial charge in [0.15, 0.2) is 9.84 Å². The van der Waals surface area contributed by atoms with Crippen molar-refractivity contribution in [2.24, 2.45) is 11.8 Å². The second kappa shape index (κ2) is 16.4. The predicted octanol–water partition coefficient (Wildman–Crippen LogP) is 6.74. The van der Waals surface area contributed by atoms with Gasteiger partial charge in [0.1, 0.15) is 0 Å². The lowest BCUT2D eigenvalue weighted by Gasteiger charge is -2.35. The Labute approximate surface area is 279 Å². The average molecular weight is 699 g/mol. The molecule has 1 amide bonds. The number of benzene rings is 2. The molecule has 48 heavy (non-hydrogen) atoms. The number of ether oxygens (including phenoxy) is 1. The van der Waals surface area contributed by atoms with E-state index in [1.807, 2.05) is 17.9 Å². The van der Waals surface area contributed by atoms with E-state index in [2.05, 4.69) is 10.2 Å². The Balaban J connectivity index is 1.43. The van der Waals surface area contributed by atoms with E-state index in [1.165, 1.54) is 12.1 Å². The fourth-order valence-electron chi connectivity index (χ4n) is 6.82. The van der Waals surface area contributed by atoms with Gasteiger partial charge in [-0.25, -0.2) is 8.42 Å². The molecule has 1 saturated heterocycles. The van der Waals surface area contributed by atoms with Gasteiger partial charge in [0.05, 0.1) is 47.7 Å². The highest BCUT2D eigenvalue weighted by Gasteiger charge is 2.42. The first-order valence-electron chi connectivity index (χ1n) is 16.3. The average Bonchev–Trinajstić information content (AvgIpc) is 3.50. The molecule has 2 aromatic rings. The number of anilines is 1. The third-order valence-corrected chi connectivity index (χ3v) is 11.4. The van der Waals surface area contributed by atoms with Crippen molar-refractivity contribution in [3.8, 4) is 6.07 Å². The van der Waals surface area contributed by atoms with E-state index in [0.29, 0.717) is 55.7 Å². The first-order valence-corrected chi connectivity index (χ1v) is 18.0. The Morgan fingerprint density at radius 3 is 2.25 bits per heavy atom. The third kappa shape index (κ3) is 9.66. The Kier molecular flexibility index (Phi) is 12.8. The van der Waals surface area contributed by atoms with Gasteiger partial charge >= 0.3 is 12.8 Å². The van der Waals surface area contributed by atoms with E-state index < -0.39 is 40.5 Å². The first-order chi connectivity index (χ1) is 22.7. The summed E-state index contributed by atoms with van der Waals surface area (Å²) in [6.45, 7) is 2.20. The molecule has 2 aromatic carbocycles. The van der Waals surface area contributed by atoms with Crippen molar-refractivity contribution in [1.82, 2.24) is 10.2 Å². The molecular formula is C34H43F5N4O4S. The third-order valence-electron chi connectivity index (χ3n) is 9.62. The molecular weight excluding hydrogens is 655 g/mol. The number of halogens is 5. The predicted molar refractivity (Wildman–Crippen MR) is 171 cm³/mol. The van der Waals surface area contributed by atoms with Crippen molar-refractivity contribution in [3.63, 3.8) is 0 Å². The molecule has 8 nitrogen and oxygen atoms in total. The molecule has 0 aromatic heterocycles. The van der Waals surface area contributed by atoms with Crippen LogP contribution in [0.5, 0.6) is 0 Å². The number of alkyl halides is 5. The van der Waals surface area contributed by atoms with Gasteiger partial charge in [-0.15, -0.1) is 0 Å². The molecule has 1 saturated carbocycles. The molecule has 1 N–H and O–H groups in total. The summed E-state index contributed by atoms with van der Waals surface area (Å²) in [5, 5.41) is 12.2. The molecule has 0 unspecified atom stereocenters. The minimum atomic E-state index is -4.17. The van der Waals surface area contributed by atoms with Crippen LogP contribution in [-0.4, -0.2) is 76.1 Å². The Morgan fingerprint density at radius 1 is 1.06 bits per heavy atom. The molecule has 0 spiro atoms. The van der Waals surface area contributed by atoms with Gasteiger partial charge in [-0.2, -0.15) is 27.2 Å². The maximum Gasteiger partial charge on any atom is 0.391 e. The number of likely N-dealkylation sites (N-methyl/N-ethyl adjacent to an activating group) is 1. The highest BCUT2D eigenvalue weighted by molar-refractivity contribution is 7.91. The number of carbonyl (C=O) groups excluding carboxylic acids is 1. The van der Waals surface area contributed by atoms with Crippen molar-refractivity contribution in [3.05, 3.63) is 59.7 Å². The van der Waals surface area contributed by atoms with Crippen LogP contribution in [0.2, 0.25) is 0 Å².